The summed E-state index contributed by atoms with van der Waals surface area (Å²) in [6, 6.07) is 8.07. The van der Waals surface area contributed by atoms with E-state index in [1.807, 2.05) is 24.3 Å². The lowest BCUT2D eigenvalue weighted by molar-refractivity contribution is 0.461. The third-order valence-electron chi connectivity index (χ3n) is 3.30. The van der Waals surface area contributed by atoms with Gasteiger partial charge in [0.2, 0.25) is 0 Å². The predicted molar refractivity (Wildman–Crippen MR) is 84.1 cm³/mol. The molecule has 1 aromatic carbocycles. The molecule has 102 valence electrons. The van der Waals surface area contributed by atoms with Crippen molar-refractivity contribution in [2.45, 2.75) is 38.1 Å². The first-order valence-electron chi connectivity index (χ1n) is 6.77. The van der Waals surface area contributed by atoms with Gasteiger partial charge in [0.1, 0.15) is 11.3 Å². The van der Waals surface area contributed by atoms with Crippen molar-refractivity contribution < 1.29 is 4.42 Å². The van der Waals surface area contributed by atoms with Crippen LogP contribution in [0.25, 0.3) is 11.0 Å². The highest BCUT2D eigenvalue weighted by Gasteiger charge is 2.13. The summed E-state index contributed by atoms with van der Waals surface area (Å²) in [7, 11) is 0. The van der Waals surface area contributed by atoms with Gasteiger partial charge >= 0.3 is 0 Å². The Morgan fingerprint density at radius 3 is 2.89 bits per heavy atom. The molecule has 2 N–H and O–H groups in total. The molecule has 0 fully saturated rings. The lowest BCUT2D eigenvalue weighted by Crippen LogP contribution is -2.08. The molecular formula is C16H20BrNO. The van der Waals surface area contributed by atoms with Crippen LogP contribution in [-0.4, -0.2) is 0 Å². The molecule has 0 aliphatic carbocycles. The maximum Gasteiger partial charge on any atom is 0.148 e. The predicted octanol–water partition coefficient (Wildman–Crippen LogP) is 5.33. The molecule has 0 bridgehead atoms. The highest BCUT2D eigenvalue weighted by Crippen LogP contribution is 2.30. The number of allylic oxidation sites excluding steroid dienone is 1. The van der Waals surface area contributed by atoms with Crippen molar-refractivity contribution in [1.82, 2.24) is 0 Å². The summed E-state index contributed by atoms with van der Waals surface area (Å²) < 4.78 is 6.83. The van der Waals surface area contributed by atoms with Crippen LogP contribution in [0.5, 0.6) is 0 Å². The number of hydrogen-bond acceptors (Lipinski definition) is 2. The van der Waals surface area contributed by atoms with E-state index in [9.17, 15) is 0 Å². The molecule has 19 heavy (non-hydrogen) atoms. The second kappa shape index (κ2) is 6.92. The Labute approximate surface area is 122 Å². The number of para-hydroxylation sites is 1. The van der Waals surface area contributed by atoms with E-state index in [4.69, 9.17) is 10.2 Å². The summed E-state index contributed by atoms with van der Waals surface area (Å²) in [5, 5.41) is 1.10. The minimum Gasteiger partial charge on any atom is -0.458 e. The normalized spacial score (nSPS) is 12.7. The molecule has 0 saturated carbocycles. The van der Waals surface area contributed by atoms with Crippen molar-refractivity contribution in [2.75, 3.05) is 0 Å². The van der Waals surface area contributed by atoms with Crippen LogP contribution in [0.4, 0.5) is 0 Å². The average Bonchev–Trinajstić information content (AvgIpc) is 2.84. The minimum absolute atomic E-state index is 0.0111. The molecule has 0 radical (unpaired) electrons. The summed E-state index contributed by atoms with van der Waals surface area (Å²) >= 11 is 3.50. The van der Waals surface area contributed by atoms with Gasteiger partial charge in [-0.15, -0.1) is 6.58 Å². The van der Waals surface area contributed by atoms with Gasteiger partial charge < -0.3 is 10.2 Å². The molecule has 0 aliphatic rings. The summed E-state index contributed by atoms with van der Waals surface area (Å²) in [5.74, 6) is 0.880. The minimum atomic E-state index is -0.0111. The fraction of sp³-hybridized carbons (Fsp3) is 0.375. The summed E-state index contributed by atoms with van der Waals surface area (Å²) in [6.07, 6.45) is 7.55. The number of benzene rings is 1. The quantitative estimate of drug-likeness (QED) is 0.552. The van der Waals surface area contributed by atoms with E-state index in [0.29, 0.717) is 0 Å². The standard InChI is InChI=1S/C16H20BrNO/c1-2-3-4-5-6-10-14(18)15-11-12-8-7-9-13(17)16(12)19-15/h2,7-9,11,14H,1,3-6,10,18H2. The van der Waals surface area contributed by atoms with E-state index in [0.717, 1.165) is 40.5 Å². The lowest BCUT2D eigenvalue weighted by atomic mass is 10.1. The molecule has 1 atom stereocenters. The molecular weight excluding hydrogens is 302 g/mol. The number of halogens is 1. The highest BCUT2D eigenvalue weighted by atomic mass is 79.9. The molecule has 2 rings (SSSR count). The van der Waals surface area contributed by atoms with Crippen molar-refractivity contribution in [3.05, 3.63) is 47.2 Å². The molecule has 1 heterocycles. The maximum atomic E-state index is 6.19. The molecule has 2 aromatic rings. The Balaban J connectivity index is 1.95. The van der Waals surface area contributed by atoms with Crippen LogP contribution in [0, 0.1) is 0 Å². The van der Waals surface area contributed by atoms with Gasteiger partial charge in [-0.25, -0.2) is 0 Å². The van der Waals surface area contributed by atoms with Crippen molar-refractivity contribution in [3.63, 3.8) is 0 Å². The SMILES string of the molecule is C=CCCCCCC(N)c1cc2cccc(Br)c2o1. The van der Waals surface area contributed by atoms with Crippen molar-refractivity contribution in [3.8, 4) is 0 Å². The Morgan fingerprint density at radius 2 is 2.16 bits per heavy atom. The first-order valence-corrected chi connectivity index (χ1v) is 7.56. The Kier molecular flexibility index (Phi) is 5.23. The van der Waals surface area contributed by atoms with Gasteiger partial charge in [-0.2, -0.15) is 0 Å². The van der Waals surface area contributed by atoms with Crippen molar-refractivity contribution in [1.29, 1.82) is 0 Å². The molecule has 0 saturated heterocycles. The largest absolute Gasteiger partial charge is 0.458 e. The van der Waals surface area contributed by atoms with Gasteiger partial charge in [0.05, 0.1) is 10.5 Å². The number of nitrogens with two attached hydrogens (primary N) is 1. The van der Waals surface area contributed by atoms with Gasteiger partial charge in [-0.05, 0) is 47.3 Å². The number of rotatable bonds is 7. The first-order chi connectivity index (χ1) is 9.22. The smallest absolute Gasteiger partial charge is 0.148 e. The van der Waals surface area contributed by atoms with Crippen LogP contribution in [-0.2, 0) is 0 Å². The highest BCUT2D eigenvalue weighted by molar-refractivity contribution is 9.10. The van der Waals surface area contributed by atoms with E-state index in [-0.39, 0.29) is 6.04 Å². The third kappa shape index (κ3) is 3.71. The van der Waals surface area contributed by atoms with E-state index >= 15 is 0 Å². The van der Waals surface area contributed by atoms with Gasteiger partial charge in [0.15, 0.2) is 0 Å². The molecule has 1 unspecified atom stereocenters. The topological polar surface area (TPSA) is 39.2 Å². The zero-order chi connectivity index (χ0) is 13.7. The van der Waals surface area contributed by atoms with Crippen molar-refractivity contribution >= 4 is 26.9 Å². The van der Waals surface area contributed by atoms with Crippen LogP contribution in [0.2, 0.25) is 0 Å². The summed E-state index contributed by atoms with van der Waals surface area (Å²) in [4.78, 5) is 0. The molecule has 1 aromatic heterocycles. The monoisotopic (exact) mass is 321 g/mol. The third-order valence-corrected chi connectivity index (χ3v) is 3.93. The Hall–Kier alpha value is -1.06. The second-order valence-corrected chi connectivity index (χ2v) is 5.69. The van der Waals surface area contributed by atoms with E-state index in [1.165, 1.54) is 12.8 Å². The van der Waals surface area contributed by atoms with E-state index in [1.54, 1.807) is 0 Å². The summed E-state index contributed by atoms with van der Waals surface area (Å²) in [6.45, 7) is 3.73. The van der Waals surface area contributed by atoms with Gasteiger partial charge in [-0.3, -0.25) is 0 Å². The van der Waals surface area contributed by atoms with Crippen LogP contribution in [0.15, 0.2) is 45.8 Å². The van der Waals surface area contributed by atoms with Crippen LogP contribution < -0.4 is 5.73 Å². The number of furan rings is 1. The molecule has 2 nitrogen and oxygen atoms in total. The van der Waals surface area contributed by atoms with E-state index in [2.05, 4.69) is 28.6 Å². The van der Waals surface area contributed by atoms with Gasteiger partial charge in [-0.1, -0.05) is 31.1 Å². The van der Waals surface area contributed by atoms with Gasteiger partial charge in [0, 0.05) is 5.39 Å². The molecule has 0 amide bonds. The maximum absolute atomic E-state index is 6.19. The zero-order valence-electron chi connectivity index (χ0n) is 11.1. The Morgan fingerprint density at radius 1 is 1.32 bits per heavy atom. The average molecular weight is 322 g/mol. The van der Waals surface area contributed by atoms with Crippen LogP contribution in [0.1, 0.15) is 43.9 Å². The molecule has 0 aliphatic heterocycles. The fourth-order valence-corrected chi connectivity index (χ4v) is 2.66. The van der Waals surface area contributed by atoms with E-state index < -0.39 is 0 Å². The van der Waals surface area contributed by atoms with Crippen LogP contribution in [0.3, 0.4) is 0 Å². The molecule has 0 spiro atoms. The van der Waals surface area contributed by atoms with Crippen molar-refractivity contribution in [2.24, 2.45) is 5.73 Å². The Bertz CT molecular complexity index is 547. The molecule has 3 heteroatoms. The first kappa shape index (κ1) is 14.4. The number of hydrogen-bond donors (Lipinski definition) is 1. The second-order valence-electron chi connectivity index (χ2n) is 4.84. The number of fused-ring (bicyclic) bond motifs is 1. The lowest BCUT2D eigenvalue weighted by Gasteiger charge is -2.07. The van der Waals surface area contributed by atoms with Crippen LogP contribution >= 0.6 is 15.9 Å². The zero-order valence-corrected chi connectivity index (χ0v) is 12.7. The fourth-order valence-electron chi connectivity index (χ4n) is 2.20. The summed E-state index contributed by atoms with van der Waals surface area (Å²) in [5.41, 5.74) is 7.08. The van der Waals surface area contributed by atoms with Gasteiger partial charge in [0.25, 0.3) is 0 Å². The number of unbranched alkanes of at least 4 members (excludes halogenated alkanes) is 3.